The van der Waals surface area contributed by atoms with E-state index in [1.807, 2.05) is 32.0 Å². The number of aromatic nitrogens is 1. The van der Waals surface area contributed by atoms with Crippen molar-refractivity contribution in [3.63, 3.8) is 0 Å². The molecule has 0 radical (unpaired) electrons. The molecule has 6 heteroatoms. The lowest BCUT2D eigenvalue weighted by atomic mass is 10.1. The van der Waals surface area contributed by atoms with E-state index < -0.39 is 4.92 Å². The Morgan fingerprint density at radius 2 is 1.90 bits per heavy atom. The van der Waals surface area contributed by atoms with Crippen molar-refractivity contribution in [3.8, 4) is 0 Å². The van der Waals surface area contributed by atoms with Gasteiger partial charge in [0.05, 0.1) is 11.1 Å². The Balaban J connectivity index is 2.47. The zero-order chi connectivity index (χ0) is 14.9. The van der Waals surface area contributed by atoms with Gasteiger partial charge in [-0.3, -0.25) is 14.9 Å². The fourth-order valence-corrected chi connectivity index (χ4v) is 1.98. The van der Waals surface area contributed by atoms with Crippen molar-refractivity contribution in [2.45, 2.75) is 13.8 Å². The summed E-state index contributed by atoms with van der Waals surface area (Å²) in [6, 6.07) is 6.99. The highest BCUT2D eigenvalue weighted by atomic mass is 16.6. The summed E-state index contributed by atoms with van der Waals surface area (Å²) in [5.41, 5.74) is 2.59. The quantitative estimate of drug-likeness (QED) is 0.689. The maximum Gasteiger partial charge on any atom is 0.287 e. The third-order valence-corrected chi connectivity index (χ3v) is 3.03. The first-order valence-electron chi connectivity index (χ1n) is 6.08. The van der Waals surface area contributed by atoms with Crippen LogP contribution in [-0.4, -0.2) is 9.49 Å². The van der Waals surface area contributed by atoms with E-state index >= 15 is 0 Å². The van der Waals surface area contributed by atoms with Gasteiger partial charge >= 0.3 is 0 Å². The van der Waals surface area contributed by atoms with E-state index in [1.54, 1.807) is 0 Å². The first kappa shape index (κ1) is 13.8. The number of nitro groups is 1. The van der Waals surface area contributed by atoms with Crippen LogP contribution in [0.5, 0.6) is 0 Å². The lowest BCUT2D eigenvalue weighted by Crippen LogP contribution is -2.20. The van der Waals surface area contributed by atoms with Gasteiger partial charge in [0.25, 0.3) is 11.2 Å². The van der Waals surface area contributed by atoms with Gasteiger partial charge in [0.2, 0.25) is 0 Å². The molecular weight excluding hydrogens is 258 g/mol. The summed E-state index contributed by atoms with van der Waals surface area (Å²) < 4.78 is 1.20. The molecular formula is C14H15N3O3. The van der Waals surface area contributed by atoms with Crippen LogP contribution in [-0.2, 0) is 7.05 Å². The summed E-state index contributed by atoms with van der Waals surface area (Å²) in [6.45, 7) is 3.89. The molecule has 1 aromatic carbocycles. The van der Waals surface area contributed by atoms with Gasteiger partial charge in [0.15, 0.2) is 0 Å². The van der Waals surface area contributed by atoms with E-state index in [9.17, 15) is 14.9 Å². The minimum absolute atomic E-state index is 0.126. The summed E-state index contributed by atoms with van der Waals surface area (Å²) >= 11 is 0. The number of rotatable bonds is 3. The minimum atomic E-state index is -0.521. The van der Waals surface area contributed by atoms with Gasteiger partial charge in [-0.1, -0.05) is 17.7 Å². The third-order valence-electron chi connectivity index (χ3n) is 3.03. The molecule has 0 atom stereocenters. The highest BCUT2D eigenvalue weighted by molar-refractivity contribution is 5.64. The summed E-state index contributed by atoms with van der Waals surface area (Å²) in [5.74, 6) is 0. The molecule has 0 aliphatic carbocycles. The van der Waals surface area contributed by atoms with Gasteiger partial charge < -0.3 is 9.88 Å². The first-order chi connectivity index (χ1) is 9.38. The van der Waals surface area contributed by atoms with Crippen LogP contribution in [0.3, 0.4) is 0 Å². The Hall–Kier alpha value is -2.63. The number of aryl methyl sites for hydroxylation is 3. The average molecular weight is 273 g/mol. The van der Waals surface area contributed by atoms with Crippen LogP contribution < -0.4 is 10.9 Å². The SMILES string of the molecule is Cc1ccc(Nc2cc([N+](=O)[O-])cn(C)c2=O)c(C)c1. The largest absolute Gasteiger partial charge is 0.351 e. The Labute approximate surface area is 115 Å². The molecule has 0 bridgehead atoms. The number of benzene rings is 1. The van der Waals surface area contributed by atoms with Crippen LogP contribution in [0.1, 0.15) is 11.1 Å². The van der Waals surface area contributed by atoms with Crippen LogP contribution in [0.25, 0.3) is 0 Å². The molecule has 0 unspecified atom stereocenters. The number of hydrogen-bond acceptors (Lipinski definition) is 4. The lowest BCUT2D eigenvalue weighted by molar-refractivity contribution is -0.385. The molecule has 1 aromatic heterocycles. The van der Waals surface area contributed by atoms with Gasteiger partial charge in [0.1, 0.15) is 5.69 Å². The summed E-state index contributed by atoms with van der Waals surface area (Å²) in [7, 11) is 1.49. The van der Waals surface area contributed by atoms with Crippen LogP contribution in [0.4, 0.5) is 17.1 Å². The fraction of sp³-hybridized carbons (Fsp3) is 0.214. The molecule has 0 spiro atoms. The zero-order valence-corrected chi connectivity index (χ0v) is 11.5. The summed E-state index contributed by atoms with van der Waals surface area (Å²) in [4.78, 5) is 22.3. The third kappa shape index (κ3) is 2.69. The van der Waals surface area contributed by atoms with E-state index in [-0.39, 0.29) is 16.9 Å². The Morgan fingerprint density at radius 1 is 1.20 bits per heavy atom. The van der Waals surface area contributed by atoms with Crippen LogP contribution in [0, 0.1) is 24.0 Å². The summed E-state index contributed by atoms with van der Waals surface area (Å²) in [5, 5.41) is 13.8. The van der Waals surface area contributed by atoms with Crippen LogP contribution in [0.15, 0.2) is 35.3 Å². The number of nitrogens with zero attached hydrogens (tertiary/aromatic N) is 2. The summed E-state index contributed by atoms with van der Waals surface area (Å²) in [6.07, 6.45) is 1.20. The molecule has 0 amide bonds. The van der Waals surface area contributed by atoms with Crippen molar-refractivity contribution in [1.29, 1.82) is 0 Å². The van der Waals surface area contributed by atoms with Gasteiger partial charge in [0, 0.05) is 18.8 Å². The second-order valence-electron chi connectivity index (χ2n) is 4.73. The van der Waals surface area contributed by atoms with Crippen molar-refractivity contribution in [1.82, 2.24) is 4.57 Å². The van der Waals surface area contributed by atoms with Gasteiger partial charge in [-0.15, -0.1) is 0 Å². The Kier molecular flexibility index (Phi) is 3.56. The molecule has 2 aromatic rings. The lowest BCUT2D eigenvalue weighted by Gasteiger charge is -2.10. The molecule has 20 heavy (non-hydrogen) atoms. The van der Waals surface area contributed by atoms with E-state index in [0.717, 1.165) is 16.8 Å². The number of hydrogen-bond donors (Lipinski definition) is 1. The number of anilines is 2. The normalized spacial score (nSPS) is 10.3. The predicted octanol–water partition coefficient (Wildman–Crippen LogP) is 2.65. The molecule has 2 rings (SSSR count). The highest BCUT2D eigenvalue weighted by Gasteiger charge is 2.12. The number of pyridine rings is 1. The standard InChI is InChI=1S/C14H15N3O3/c1-9-4-5-12(10(2)6-9)15-13-7-11(17(19)20)8-16(3)14(13)18/h4-8,15H,1-3H3. The Bertz CT molecular complexity index is 735. The Morgan fingerprint density at radius 3 is 2.50 bits per heavy atom. The molecule has 6 nitrogen and oxygen atoms in total. The molecule has 0 aliphatic rings. The van der Waals surface area contributed by atoms with Gasteiger partial charge in [-0.25, -0.2) is 0 Å². The van der Waals surface area contributed by atoms with Gasteiger partial charge in [-0.05, 0) is 25.5 Å². The monoisotopic (exact) mass is 273 g/mol. The molecule has 0 saturated carbocycles. The van der Waals surface area contributed by atoms with Crippen molar-refractivity contribution in [3.05, 3.63) is 62.1 Å². The smallest absolute Gasteiger partial charge is 0.287 e. The predicted molar refractivity (Wildman–Crippen MR) is 77.5 cm³/mol. The van der Waals surface area contributed by atoms with Crippen LogP contribution >= 0.6 is 0 Å². The fourth-order valence-electron chi connectivity index (χ4n) is 1.98. The van der Waals surface area contributed by atoms with Crippen molar-refractivity contribution >= 4 is 17.1 Å². The topological polar surface area (TPSA) is 77.2 Å². The zero-order valence-electron chi connectivity index (χ0n) is 11.5. The van der Waals surface area contributed by atoms with E-state index in [4.69, 9.17) is 0 Å². The first-order valence-corrected chi connectivity index (χ1v) is 6.08. The van der Waals surface area contributed by atoms with E-state index in [0.29, 0.717) is 0 Å². The molecule has 104 valence electrons. The molecule has 0 saturated heterocycles. The van der Waals surface area contributed by atoms with Crippen molar-refractivity contribution in [2.24, 2.45) is 7.05 Å². The highest BCUT2D eigenvalue weighted by Crippen LogP contribution is 2.21. The minimum Gasteiger partial charge on any atom is -0.351 e. The van der Waals surface area contributed by atoms with E-state index in [2.05, 4.69) is 5.32 Å². The van der Waals surface area contributed by atoms with Gasteiger partial charge in [-0.2, -0.15) is 0 Å². The van der Waals surface area contributed by atoms with E-state index in [1.165, 1.54) is 23.9 Å². The van der Waals surface area contributed by atoms with Crippen molar-refractivity contribution in [2.75, 3.05) is 5.32 Å². The number of nitrogens with one attached hydrogen (secondary N) is 1. The second-order valence-corrected chi connectivity index (χ2v) is 4.73. The second kappa shape index (κ2) is 5.16. The molecule has 0 aliphatic heterocycles. The maximum absolute atomic E-state index is 12.0. The molecule has 1 heterocycles. The molecule has 1 N–H and O–H groups in total. The maximum atomic E-state index is 12.0. The van der Waals surface area contributed by atoms with Crippen LogP contribution in [0.2, 0.25) is 0 Å². The average Bonchev–Trinajstić information content (AvgIpc) is 2.37. The molecule has 0 fully saturated rings. The van der Waals surface area contributed by atoms with Crippen molar-refractivity contribution < 1.29 is 4.92 Å².